The lowest BCUT2D eigenvalue weighted by atomic mass is 9.96. The zero-order chi connectivity index (χ0) is 23.4. The van der Waals surface area contributed by atoms with Crippen molar-refractivity contribution < 1.29 is 41.1 Å². The van der Waals surface area contributed by atoms with Crippen molar-refractivity contribution in [1.82, 2.24) is 0 Å². The highest BCUT2D eigenvalue weighted by molar-refractivity contribution is 8.31. The van der Waals surface area contributed by atoms with Crippen molar-refractivity contribution in [2.75, 3.05) is 0 Å². The summed E-state index contributed by atoms with van der Waals surface area (Å²) in [6, 6.07) is 10.7. The third-order valence-electron chi connectivity index (χ3n) is 4.46. The standard InChI is InChI=1S/C19H18N2O8S2/c1-12(17(22)23)13(2)18(24)29-14-8-10-16(11-9-14)31(27,28)19(21-20)30(25,26)15-6-4-3-5-7-15/h3-13H,1-2H3,(H,22,23). The number of sulfone groups is 2. The van der Waals surface area contributed by atoms with Crippen LogP contribution in [0.15, 0.2) is 64.4 Å². The number of benzene rings is 2. The Balaban J connectivity index is 2.32. The fourth-order valence-corrected chi connectivity index (χ4v) is 5.73. The minimum atomic E-state index is -4.75. The van der Waals surface area contributed by atoms with E-state index in [1.807, 2.05) is 0 Å². The maximum atomic E-state index is 12.7. The minimum absolute atomic E-state index is 0.0817. The van der Waals surface area contributed by atoms with Crippen molar-refractivity contribution in [2.45, 2.75) is 23.6 Å². The van der Waals surface area contributed by atoms with Crippen LogP contribution in [0.1, 0.15) is 13.8 Å². The van der Waals surface area contributed by atoms with Crippen molar-refractivity contribution in [3.05, 3.63) is 60.1 Å². The van der Waals surface area contributed by atoms with Gasteiger partial charge in [-0.25, -0.2) is 16.8 Å². The first-order valence-corrected chi connectivity index (χ1v) is 11.7. The van der Waals surface area contributed by atoms with Crippen molar-refractivity contribution in [1.29, 1.82) is 0 Å². The lowest BCUT2D eigenvalue weighted by Crippen LogP contribution is -2.28. The molecule has 0 fully saturated rings. The molecular weight excluding hydrogens is 448 g/mol. The van der Waals surface area contributed by atoms with Crippen LogP contribution in [0.4, 0.5) is 0 Å². The third kappa shape index (κ3) is 5.05. The molecule has 0 heterocycles. The van der Waals surface area contributed by atoms with Gasteiger partial charge in [0, 0.05) is 0 Å². The van der Waals surface area contributed by atoms with E-state index in [0.29, 0.717) is 0 Å². The Kier molecular flexibility index (Phi) is 7.11. The summed E-state index contributed by atoms with van der Waals surface area (Å²) in [7, 11) is -9.39. The number of carboxylic acids is 1. The summed E-state index contributed by atoms with van der Waals surface area (Å²) >= 11 is 0. The maximum Gasteiger partial charge on any atom is 0.504 e. The first-order chi connectivity index (χ1) is 14.4. The molecule has 0 radical (unpaired) electrons. The molecular formula is C19H18N2O8S2. The Hall–Kier alpha value is -3.34. The van der Waals surface area contributed by atoms with Crippen LogP contribution in [0.25, 0.3) is 5.53 Å². The smallest absolute Gasteiger partial charge is 0.481 e. The van der Waals surface area contributed by atoms with Crippen LogP contribution in [0, 0.1) is 11.8 Å². The molecule has 0 aromatic heterocycles. The lowest BCUT2D eigenvalue weighted by Gasteiger charge is -2.14. The summed E-state index contributed by atoms with van der Waals surface area (Å²) in [5.74, 6) is -4.07. The van der Waals surface area contributed by atoms with Crippen LogP contribution in [-0.4, -0.2) is 43.0 Å². The van der Waals surface area contributed by atoms with Gasteiger partial charge in [0.25, 0.3) is 19.7 Å². The predicted molar refractivity (Wildman–Crippen MR) is 107 cm³/mol. The van der Waals surface area contributed by atoms with Crippen LogP contribution < -0.4 is 4.74 Å². The quantitative estimate of drug-likeness (QED) is 0.168. The molecule has 0 spiro atoms. The first kappa shape index (κ1) is 23.9. The van der Waals surface area contributed by atoms with Gasteiger partial charge in [-0.3, -0.25) is 9.59 Å². The molecule has 0 aliphatic heterocycles. The number of esters is 1. The topological polar surface area (TPSA) is 168 Å². The molecule has 0 aliphatic rings. The van der Waals surface area contributed by atoms with E-state index in [9.17, 15) is 26.4 Å². The molecule has 0 saturated heterocycles. The van der Waals surface area contributed by atoms with Gasteiger partial charge in [0.15, 0.2) is 0 Å². The van der Waals surface area contributed by atoms with E-state index >= 15 is 0 Å². The van der Waals surface area contributed by atoms with Gasteiger partial charge in [0.05, 0.1) is 21.6 Å². The number of hydrogen-bond donors (Lipinski definition) is 1. The van der Waals surface area contributed by atoms with Crippen molar-refractivity contribution in [3.63, 3.8) is 0 Å². The molecule has 12 heteroatoms. The van der Waals surface area contributed by atoms with Gasteiger partial charge in [-0.15, -0.1) is 4.79 Å². The molecule has 164 valence electrons. The molecule has 0 aliphatic carbocycles. The van der Waals surface area contributed by atoms with Crippen LogP contribution in [0.3, 0.4) is 0 Å². The summed E-state index contributed by atoms with van der Waals surface area (Å²) in [6.07, 6.45) is 0. The van der Waals surface area contributed by atoms with Gasteiger partial charge in [-0.05, 0) is 36.4 Å². The third-order valence-corrected chi connectivity index (χ3v) is 8.64. The highest BCUT2D eigenvalue weighted by Gasteiger charge is 2.44. The van der Waals surface area contributed by atoms with E-state index in [0.717, 1.165) is 36.4 Å². The normalized spacial score (nSPS) is 13.5. The van der Waals surface area contributed by atoms with Gasteiger partial charge in [-0.2, -0.15) is 0 Å². The van der Waals surface area contributed by atoms with Gasteiger partial charge in [0.2, 0.25) is 0 Å². The second-order valence-corrected chi connectivity index (χ2v) is 10.5. The SMILES string of the molecule is CC(C(=O)O)C(C)C(=O)Oc1ccc(S(=O)(=O)C(=[N+]=[N-])S(=O)(=O)c2ccccc2)cc1. The Morgan fingerprint density at radius 3 is 1.81 bits per heavy atom. The second kappa shape index (κ2) is 9.21. The Morgan fingerprint density at radius 1 is 0.871 bits per heavy atom. The molecule has 2 atom stereocenters. The molecule has 10 nitrogen and oxygen atoms in total. The first-order valence-electron chi connectivity index (χ1n) is 8.74. The largest absolute Gasteiger partial charge is 0.504 e. The van der Waals surface area contributed by atoms with Crippen LogP contribution in [0.5, 0.6) is 5.75 Å². The summed E-state index contributed by atoms with van der Waals surface area (Å²) in [6.45, 7) is 2.71. The summed E-state index contributed by atoms with van der Waals surface area (Å²) in [5, 5.41) is 8.96. The van der Waals surface area contributed by atoms with Gasteiger partial charge >= 0.3 is 16.3 Å². The molecule has 2 rings (SSSR count). The zero-order valence-electron chi connectivity index (χ0n) is 16.4. The van der Waals surface area contributed by atoms with Crippen LogP contribution >= 0.6 is 0 Å². The van der Waals surface area contributed by atoms with Crippen molar-refractivity contribution >= 4 is 36.0 Å². The molecule has 2 aromatic carbocycles. The Labute approximate surface area is 178 Å². The summed E-state index contributed by atoms with van der Waals surface area (Å²) in [5.41, 5.74) is 9.16. The zero-order valence-corrected chi connectivity index (χ0v) is 18.0. The summed E-state index contributed by atoms with van der Waals surface area (Å²) in [4.78, 5) is 24.6. The molecule has 1 N–H and O–H groups in total. The fourth-order valence-electron chi connectivity index (χ4n) is 2.37. The van der Waals surface area contributed by atoms with E-state index in [1.54, 1.807) is 0 Å². The monoisotopic (exact) mass is 466 g/mol. The summed E-state index contributed by atoms with van der Waals surface area (Å²) < 4.78 is 54.3. The average Bonchev–Trinajstić information content (AvgIpc) is 2.73. The van der Waals surface area contributed by atoms with Crippen molar-refractivity contribution in [2.24, 2.45) is 11.8 Å². The maximum absolute atomic E-state index is 12.7. The van der Waals surface area contributed by atoms with Gasteiger partial charge in [0.1, 0.15) is 5.75 Å². The minimum Gasteiger partial charge on any atom is -0.481 e. The number of aliphatic carboxylic acids is 1. The average molecular weight is 466 g/mol. The highest BCUT2D eigenvalue weighted by atomic mass is 32.3. The number of carbonyl (C=O) groups excluding carboxylic acids is 1. The molecule has 0 saturated carbocycles. The van der Waals surface area contributed by atoms with E-state index in [2.05, 4.69) is 4.79 Å². The number of carbonyl (C=O) groups is 2. The molecule has 31 heavy (non-hydrogen) atoms. The Bertz CT molecular complexity index is 1250. The van der Waals surface area contributed by atoms with Gasteiger partial charge in [-0.1, -0.05) is 32.0 Å². The van der Waals surface area contributed by atoms with Crippen molar-refractivity contribution in [3.8, 4) is 5.75 Å². The number of carboxylic acid groups (broad SMARTS) is 1. The molecule has 2 aromatic rings. The van der Waals surface area contributed by atoms with Crippen LogP contribution in [0.2, 0.25) is 0 Å². The Morgan fingerprint density at radius 2 is 1.35 bits per heavy atom. The number of nitrogens with zero attached hydrogens (tertiary/aromatic N) is 2. The molecule has 0 bridgehead atoms. The molecule has 0 amide bonds. The molecule has 2 unspecified atom stereocenters. The fraction of sp³-hybridized carbons (Fsp3) is 0.211. The van der Waals surface area contributed by atoms with Gasteiger partial charge < -0.3 is 15.4 Å². The van der Waals surface area contributed by atoms with E-state index < -0.39 is 52.7 Å². The number of hydrogen-bond acceptors (Lipinski definition) is 7. The second-order valence-electron chi connectivity index (χ2n) is 6.49. The lowest BCUT2D eigenvalue weighted by molar-refractivity contribution is -0.150. The predicted octanol–water partition coefficient (Wildman–Crippen LogP) is 1.78. The number of rotatable bonds is 6. The van der Waals surface area contributed by atoms with E-state index in [1.165, 1.54) is 32.0 Å². The van der Waals surface area contributed by atoms with Crippen LogP contribution in [-0.2, 0) is 29.3 Å². The van der Waals surface area contributed by atoms with E-state index in [4.69, 9.17) is 15.4 Å². The highest BCUT2D eigenvalue weighted by Crippen LogP contribution is 2.23. The van der Waals surface area contributed by atoms with E-state index in [-0.39, 0.29) is 10.6 Å². The number of ether oxygens (including phenoxy) is 1.